The number of fused-ring (bicyclic) bond motifs is 2. The van der Waals surface area contributed by atoms with Crippen LogP contribution in [-0.2, 0) is 6.42 Å². The van der Waals surface area contributed by atoms with Crippen LogP contribution in [0.25, 0.3) is 21.4 Å². The lowest BCUT2D eigenvalue weighted by Gasteiger charge is -2.37. The van der Waals surface area contributed by atoms with E-state index in [0.29, 0.717) is 0 Å². The quantitative estimate of drug-likeness (QED) is 0.482. The van der Waals surface area contributed by atoms with E-state index in [1.165, 1.54) is 5.56 Å². The van der Waals surface area contributed by atoms with Crippen LogP contribution in [0.5, 0.6) is 0 Å². The molecule has 1 fully saturated rings. The highest BCUT2D eigenvalue weighted by molar-refractivity contribution is 7.22. The highest BCUT2D eigenvalue weighted by Crippen LogP contribution is 2.33. The Morgan fingerprint density at radius 1 is 1.29 bits per heavy atom. The molecule has 0 aliphatic heterocycles. The molecule has 3 heterocycles. The van der Waals surface area contributed by atoms with Crippen LogP contribution in [0.2, 0.25) is 0 Å². The fourth-order valence-electron chi connectivity index (χ4n) is 4.01. The maximum absolute atomic E-state index is 10.6. The van der Waals surface area contributed by atoms with Gasteiger partial charge in [-0.05, 0) is 49.6 Å². The van der Waals surface area contributed by atoms with Crippen molar-refractivity contribution in [3.63, 3.8) is 0 Å². The largest absolute Gasteiger partial charge is 0.388 e. The van der Waals surface area contributed by atoms with E-state index in [1.807, 2.05) is 19.1 Å². The SMILES string of the molecule is CC1(O)CCCCC1Nc1nc2ccc(Cc3nc4ncccc4[nH]3)cc2s1. The van der Waals surface area contributed by atoms with Gasteiger partial charge in [-0.25, -0.2) is 15.0 Å². The first kappa shape index (κ1) is 17.6. The number of hydrogen-bond acceptors (Lipinski definition) is 6. The molecule has 3 aromatic heterocycles. The molecule has 28 heavy (non-hydrogen) atoms. The van der Waals surface area contributed by atoms with Crippen LogP contribution >= 0.6 is 11.3 Å². The molecule has 1 aromatic carbocycles. The monoisotopic (exact) mass is 393 g/mol. The summed E-state index contributed by atoms with van der Waals surface area (Å²) in [4.78, 5) is 16.9. The van der Waals surface area contributed by atoms with Gasteiger partial charge in [0.05, 0.1) is 27.4 Å². The van der Waals surface area contributed by atoms with Gasteiger partial charge in [-0.15, -0.1) is 0 Å². The number of hydrogen-bond donors (Lipinski definition) is 3. The third kappa shape index (κ3) is 3.36. The van der Waals surface area contributed by atoms with Crippen molar-refractivity contribution < 1.29 is 5.11 Å². The second kappa shape index (κ2) is 6.83. The van der Waals surface area contributed by atoms with E-state index < -0.39 is 5.60 Å². The standard InChI is InChI=1S/C21H23N5OS/c1-21(27)9-3-2-6-17(21)25-20-24-14-8-7-13(11-16(14)28-20)12-18-23-15-5-4-10-22-19(15)26-18/h4-5,7-8,10-11,17,27H,2-3,6,9,12H2,1H3,(H,24,25)(H,22,23,26). The Balaban J connectivity index is 1.37. The Bertz CT molecular complexity index is 1100. The second-order valence-electron chi connectivity index (χ2n) is 7.86. The van der Waals surface area contributed by atoms with Crippen molar-refractivity contribution in [2.45, 2.75) is 50.7 Å². The molecule has 1 aliphatic rings. The van der Waals surface area contributed by atoms with Crippen LogP contribution in [0, 0.1) is 0 Å². The Morgan fingerprint density at radius 3 is 3.07 bits per heavy atom. The average Bonchev–Trinajstić information content (AvgIpc) is 3.25. The molecule has 4 aromatic rings. The maximum atomic E-state index is 10.6. The molecule has 2 unspecified atom stereocenters. The number of imidazole rings is 1. The van der Waals surface area contributed by atoms with Gasteiger partial charge in [0.1, 0.15) is 5.82 Å². The lowest BCUT2D eigenvalue weighted by atomic mass is 9.82. The number of nitrogens with one attached hydrogen (secondary N) is 2. The molecule has 1 saturated carbocycles. The molecule has 5 rings (SSSR count). The molecule has 0 saturated heterocycles. The molecular formula is C21H23N5OS. The topological polar surface area (TPSA) is 86.7 Å². The predicted molar refractivity (Wildman–Crippen MR) is 113 cm³/mol. The van der Waals surface area contributed by atoms with Gasteiger partial charge in [0, 0.05) is 12.6 Å². The number of rotatable bonds is 4. The third-order valence-corrected chi connectivity index (χ3v) is 6.55. The minimum atomic E-state index is -0.670. The number of anilines is 1. The summed E-state index contributed by atoms with van der Waals surface area (Å²) in [5.41, 5.74) is 3.21. The Morgan fingerprint density at radius 2 is 2.21 bits per heavy atom. The summed E-state index contributed by atoms with van der Waals surface area (Å²) in [6.07, 6.45) is 6.54. The first-order valence-electron chi connectivity index (χ1n) is 9.75. The molecule has 2 atom stereocenters. The van der Waals surface area contributed by atoms with E-state index in [2.05, 4.69) is 38.5 Å². The molecule has 0 amide bonds. The Labute approximate surface area is 167 Å². The highest BCUT2D eigenvalue weighted by atomic mass is 32.1. The number of aromatic nitrogens is 4. The van der Waals surface area contributed by atoms with Crippen molar-refractivity contribution in [2.75, 3.05) is 5.32 Å². The highest BCUT2D eigenvalue weighted by Gasteiger charge is 2.34. The minimum Gasteiger partial charge on any atom is -0.388 e. The fourth-order valence-corrected chi connectivity index (χ4v) is 4.99. The summed E-state index contributed by atoms with van der Waals surface area (Å²) in [6, 6.07) is 10.3. The van der Waals surface area contributed by atoms with Gasteiger partial charge in [-0.2, -0.15) is 0 Å². The molecule has 0 spiro atoms. The molecule has 144 valence electrons. The van der Waals surface area contributed by atoms with Crippen LogP contribution < -0.4 is 5.32 Å². The van der Waals surface area contributed by atoms with Crippen LogP contribution in [0.4, 0.5) is 5.13 Å². The van der Waals surface area contributed by atoms with Crippen molar-refractivity contribution >= 4 is 37.8 Å². The third-order valence-electron chi connectivity index (χ3n) is 5.61. The number of thiazole rings is 1. The van der Waals surface area contributed by atoms with Gasteiger partial charge in [0.25, 0.3) is 0 Å². The van der Waals surface area contributed by atoms with E-state index >= 15 is 0 Å². The lowest BCUT2D eigenvalue weighted by Crippen LogP contribution is -2.46. The summed E-state index contributed by atoms with van der Waals surface area (Å²) < 4.78 is 1.14. The molecule has 7 heteroatoms. The van der Waals surface area contributed by atoms with Gasteiger partial charge in [-0.1, -0.05) is 30.2 Å². The van der Waals surface area contributed by atoms with Crippen molar-refractivity contribution in [1.82, 2.24) is 19.9 Å². The molecule has 1 aliphatic carbocycles. The zero-order valence-electron chi connectivity index (χ0n) is 15.8. The van der Waals surface area contributed by atoms with Gasteiger partial charge in [-0.3, -0.25) is 0 Å². The number of aliphatic hydroxyl groups is 1. The van der Waals surface area contributed by atoms with E-state index in [4.69, 9.17) is 4.98 Å². The van der Waals surface area contributed by atoms with Crippen LogP contribution in [-0.4, -0.2) is 36.7 Å². The molecule has 0 radical (unpaired) electrons. The van der Waals surface area contributed by atoms with Gasteiger partial charge >= 0.3 is 0 Å². The first-order chi connectivity index (χ1) is 13.6. The normalized spacial score (nSPS) is 22.7. The molecule has 3 N–H and O–H groups in total. The van der Waals surface area contributed by atoms with Gasteiger partial charge in [0.2, 0.25) is 0 Å². The molecular weight excluding hydrogens is 370 g/mol. The molecule has 6 nitrogen and oxygen atoms in total. The summed E-state index contributed by atoms with van der Waals surface area (Å²) in [5.74, 6) is 0.911. The van der Waals surface area contributed by atoms with Crippen molar-refractivity contribution in [3.8, 4) is 0 Å². The number of nitrogens with zero attached hydrogens (tertiary/aromatic N) is 3. The summed E-state index contributed by atoms with van der Waals surface area (Å²) in [5, 5.41) is 15.0. The maximum Gasteiger partial charge on any atom is 0.184 e. The Kier molecular flexibility index (Phi) is 4.29. The second-order valence-corrected chi connectivity index (χ2v) is 8.89. The Hall–Kier alpha value is -2.51. The minimum absolute atomic E-state index is 0.0596. The first-order valence-corrected chi connectivity index (χ1v) is 10.6. The average molecular weight is 394 g/mol. The van der Waals surface area contributed by atoms with Crippen LogP contribution in [0.15, 0.2) is 36.5 Å². The summed E-state index contributed by atoms with van der Waals surface area (Å²) in [7, 11) is 0. The lowest BCUT2D eigenvalue weighted by molar-refractivity contribution is 0.0106. The van der Waals surface area contributed by atoms with Crippen molar-refractivity contribution in [2.24, 2.45) is 0 Å². The number of H-pyrrole nitrogens is 1. The predicted octanol–water partition coefficient (Wildman–Crippen LogP) is 4.26. The fraction of sp³-hybridized carbons (Fsp3) is 0.381. The summed E-state index contributed by atoms with van der Waals surface area (Å²) >= 11 is 1.65. The number of pyridine rings is 1. The number of benzene rings is 1. The van der Waals surface area contributed by atoms with Crippen molar-refractivity contribution in [3.05, 3.63) is 47.9 Å². The van der Waals surface area contributed by atoms with Crippen LogP contribution in [0.3, 0.4) is 0 Å². The molecule has 0 bridgehead atoms. The smallest absolute Gasteiger partial charge is 0.184 e. The number of aromatic amines is 1. The zero-order valence-corrected chi connectivity index (χ0v) is 16.6. The van der Waals surface area contributed by atoms with E-state index in [0.717, 1.165) is 64.4 Å². The van der Waals surface area contributed by atoms with E-state index in [-0.39, 0.29) is 6.04 Å². The summed E-state index contributed by atoms with van der Waals surface area (Å²) in [6.45, 7) is 1.93. The van der Waals surface area contributed by atoms with Crippen LogP contribution in [0.1, 0.15) is 44.0 Å². The van der Waals surface area contributed by atoms with Gasteiger partial charge in [0.15, 0.2) is 10.8 Å². The van der Waals surface area contributed by atoms with E-state index in [9.17, 15) is 5.11 Å². The van der Waals surface area contributed by atoms with Crippen molar-refractivity contribution in [1.29, 1.82) is 0 Å². The van der Waals surface area contributed by atoms with Gasteiger partial charge < -0.3 is 15.4 Å². The van der Waals surface area contributed by atoms with E-state index in [1.54, 1.807) is 17.5 Å². The zero-order chi connectivity index (χ0) is 19.1.